The Morgan fingerprint density at radius 1 is 1.18 bits per heavy atom. The molecule has 0 spiro atoms. The van der Waals surface area contributed by atoms with E-state index >= 15 is 0 Å². The van der Waals surface area contributed by atoms with Gasteiger partial charge < -0.3 is 0 Å². The quantitative estimate of drug-likeness (QED) is 0.701. The molecule has 0 bridgehead atoms. The predicted molar refractivity (Wildman–Crippen MR) is 72.7 cm³/mol. The van der Waals surface area contributed by atoms with Crippen molar-refractivity contribution in [2.75, 3.05) is 13.1 Å². The smallest absolute Gasteiger partial charge is 0.0672 e. The van der Waals surface area contributed by atoms with Crippen LogP contribution in [0.25, 0.3) is 0 Å². The molecule has 17 heavy (non-hydrogen) atoms. The van der Waals surface area contributed by atoms with Crippen LogP contribution in [0.5, 0.6) is 0 Å². The zero-order valence-electron chi connectivity index (χ0n) is 11.8. The molecule has 0 aromatic rings. The third-order valence-corrected chi connectivity index (χ3v) is 4.17. The van der Waals surface area contributed by atoms with E-state index in [1.54, 1.807) is 0 Å². The van der Waals surface area contributed by atoms with Gasteiger partial charge in [-0.15, -0.1) is 0 Å². The number of rotatable bonds is 6. The molecule has 3 atom stereocenters. The van der Waals surface area contributed by atoms with Crippen LogP contribution in [-0.4, -0.2) is 24.0 Å². The van der Waals surface area contributed by atoms with Gasteiger partial charge in [0.25, 0.3) is 0 Å². The van der Waals surface area contributed by atoms with Crippen LogP contribution >= 0.6 is 0 Å². The van der Waals surface area contributed by atoms with Gasteiger partial charge in [-0.2, -0.15) is 5.26 Å². The lowest BCUT2D eigenvalue weighted by Crippen LogP contribution is -2.44. The summed E-state index contributed by atoms with van der Waals surface area (Å²) in [6.45, 7) is 8.98. The summed E-state index contributed by atoms with van der Waals surface area (Å²) in [4.78, 5) is 2.54. The average molecular weight is 236 g/mol. The van der Waals surface area contributed by atoms with Gasteiger partial charge in [0, 0.05) is 6.04 Å². The topological polar surface area (TPSA) is 27.0 Å². The van der Waals surface area contributed by atoms with Gasteiger partial charge in [0.2, 0.25) is 0 Å². The number of nitriles is 1. The minimum absolute atomic E-state index is 0.273. The fraction of sp³-hybridized carbons (Fsp3) is 0.933. The van der Waals surface area contributed by atoms with Crippen molar-refractivity contribution in [1.82, 2.24) is 4.90 Å². The Bertz CT molecular complexity index is 244. The molecule has 0 saturated heterocycles. The van der Waals surface area contributed by atoms with E-state index in [2.05, 4.69) is 31.7 Å². The van der Waals surface area contributed by atoms with Crippen molar-refractivity contribution in [3.63, 3.8) is 0 Å². The molecule has 3 unspecified atom stereocenters. The van der Waals surface area contributed by atoms with Crippen LogP contribution in [0, 0.1) is 23.2 Å². The van der Waals surface area contributed by atoms with Crippen LogP contribution in [0.1, 0.15) is 59.3 Å². The maximum Gasteiger partial charge on any atom is 0.0672 e. The van der Waals surface area contributed by atoms with Gasteiger partial charge in [0.05, 0.1) is 12.0 Å². The Kier molecular flexibility index (Phi) is 6.58. The highest BCUT2D eigenvalue weighted by molar-refractivity contribution is 4.97. The normalized spacial score (nSPS) is 29.2. The second kappa shape index (κ2) is 7.71. The molecule has 0 N–H and O–H groups in total. The maximum atomic E-state index is 9.31. The summed E-state index contributed by atoms with van der Waals surface area (Å²) >= 11 is 0. The maximum absolute atomic E-state index is 9.31. The first-order chi connectivity index (χ1) is 8.26. The van der Waals surface area contributed by atoms with Gasteiger partial charge in [-0.3, -0.25) is 4.90 Å². The zero-order chi connectivity index (χ0) is 12.7. The third-order valence-electron chi connectivity index (χ3n) is 4.17. The number of hydrogen-bond donors (Lipinski definition) is 0. The molecular formula is C15H28N2. The summed E-state index contributed by atoms with van der Waals surface area (Å²) in [5.74, 6) is 1.13. The molecule has 98 valence electrons. The van der Waals surface area contributed by atoms with Gasteiger partial charge in [-0.1, -0.05) is 33.6 Å². The van der Waals surface area contributed by atoms with Gasteiger partial charge in [0.1, 0.15) is 0 Å². The molecule has 0 radical (unpaired) electrons. The second-order valence-electron chi connectivity index (χ2n) is 5.40. The van der Waals surface area contributed by atoms with Crippen molar-refractivity contribution in [3.05, 3.63) is 0 Å². The van der Waals surface area contributed by atoms with E-state index in [4.69, 9.17) is 0 Å². The molecule has 1 fully saturated rings. The van der Waals surface area contributed by atoms with Crippen molar-refractivity contribution >= 4 is 0 Å². The van der Waals surface area contributed by atoms with Crippen molar-refractivity contribution in [3.8, 4) is 6.07 Å². The molecule has 0 aliphatic heterocycles. The average Bonchev–Trinajstić information content (AvgIpc) is 2.36. The van der Waals surface area contributed by atoms with E-state index in [9.17, 15) is 5.26 Å². The van der Waals surface area contributed by atoms with Crippen LogP contribution < -0.4 is 0 Å². The van der Waals surface area contributed by atoms with Gasteiger partial charge in [-0.05, 0) is 44.7 Å². The van der Waals surface area contributed by atoms with E-state index in [0.717, 1.165) is 25.4 Å². The summed E-state index contributed by atoms with van der Waals surface area (Å²) < 4.78 is 0. The summed E-state index contributed by atoms with van der Waals surface area (Å²) in [6.07, 6.45) is 7.46. The van der Waals surface area contributed by atoms with E-state index in [0.29, 0.717) is 6.04 Å². The minimum atomic E-state index is 0.273. The molecule has 1 saturated carbocycles. The van der Waals surface area contributed by atoms with E-state index in [1.165, 1.54) is 32.1 Å². The SMILES string of the molecule is CCCC1CCC(C#N)C(N(CC)CCC)C1. The lowest BCUT2D eigenvalue weighted by Gasteiger charge is -2.40. The standard InChI is InChI=1S/C15H28N2/c1-4-7-13-8-9-14(12-16)15(11-13)17(6-3)10-5-2/h13-15H,4-11H2,1-3H3. The number of hydrogen-bond acceptors (Lipinski definition) is 2. The van der Waals surface area contributed by atoms with E-state index in [-0.39, 0.29) is 5.92 Å². The Morgan fingerprint density at radius 2 is 1.94 bits per heavy atom. The fourth-order valence-corrected chi connectivity index (χ4v) is 3.30. The molecule has 0 aromatic heterocycles. The van der Waals surface area contributed by atoms with Crippen molar-refractivity contribution in [2.45, 2.75) is 65.3 Å². The van der Waals surface area contributed by atoms with Crippen molar-refractivity contribution < 1.29 is 0 Å². The highest BCUT2D eigenvalue weighted by atomic mass is 15.2. The number of nitrogens with zero attached hydrogens (tertiary/aromatic N) is 2. The van der Waals surface area contributed by atoms with Gasteiger partial charge in [-0.25, -0.2) is 0 Å². The Balaban J connectivity index is 2.64. The zero-order valence-corrected chi connectivity index (χ0v) is 11.8. The fourth-order valence-electron chi connectivity index (χ4n) is 3.30. The van der Waals surface area contributed by atoms with Crippen molar-refractivity contribution in [1.29, 1.82) is 5.26 Å². The lowest BCUT2D eigenvalue weighted by atomic mass is 9.76. The van der Waals surface area contributed by atoms with Crippen LogP contribution in [0.4, 0.5) is 0 Å². The molecule has 1 rings (SSSR count). The second-order valence-corrected chi connectivity index (χ2v) is 5.40. The highest BCUT2D eigenvalue weighted by Gasteiger charge is 2.33. The summed E-state index contributed by atoms with van der Waals surface area (Å²) in [5.41, 5.74) is 0. The molecule has 0 aromatic carbocycles. The summed E-state index contributed by atoms with van der Waals surface area (Å²) in [5, 5.41) is 9.31. The molecule has 0 amide bonds. The molecule has 2 heteroatoms. The molecule has 0 heterocycles. The molecular weight excluding hydrogens is 208 g/mol. The summed E-state index contributed by atoms with van der Waals surface area (Å²) in [6, 6.07) is 3.07. The summed E-state index contributed by atoms with van der Waals surface area (Å²) in [7, 11) is 0. The first kappa shape index (κ1) is 14.5. The molecule has 2 nitrogen and oxygen atoms in total. The van der Waals surface area contributed by atoms with Gasteiger partial charge >= 0.3 is 0 Å². The Hall–Kier alpha value is -0.550. The van der Waals surface area contributed by atoms with E-state index < -0.39 is 0 Å². The Morgan fingerprint density at radius 3 is 2.47 bits per heavy atom. The Labute approximate surface area is 107 Å². The highest BCUT2D eigenvalue weighted by Crippen LogP contribution is 2.34. The van der Waals surface area contributed by atoms with Gasteiger partial charge in [0.15, 0.2) is 0 Å². The van der Waals surface area contributed by atoms with Crippen LogP contribution in [0.3, 0.4) is 0 Å². The monoisotopic (exact) mass is 236 g/mol. The van der Waals surface area contributed by atoms with Crippen LogP contribution in [0.15, 0.2) is 0 Å². The van der Waals surface area contributed by atoms with Crippen molar-refractivity contribution in [2.24, 2.45) is 11.8 Å². The lowest BCUT2D eigenvalue weighted by molar-refractivity contribution is 0.103. The molecule has 1 aliphatic rings. The minimum Gasteiger partial charge on any atom is -0.299 e. The van der Waals surface area contributed by atoms with Crippen LogP contribution in [0.2, 0.25) is 0 Å². The molecule has 1 aliphatic carbocycles. The van der Waals surface area contributed by atoms with Crippen LogP contribution in [-0.2, 0) is 0 Å². The first-order valence-corrected chi connectivity index (χ1v) is 7.40. The van der Waals surface area contributed by atoms with E-state index in [1.807, 2.05) is 0 Å². The predicted octanol–water partition coefficient (Wildman–Crippen LogP) is 3.83. The largest absolute Gasteiger partial charge is 0.299 e. The first-order valence-electron chi connectivity index (χ1n) is 7.40. The third kappa shape index (κ3) is 4.00.